The maximum atomic E-state index is 12.1. The Morgan fingerprint density at radius 2 is 1.75 bits per heavy atom. The fraction of sp³-hybridized carbons (Fsp3) is 0.286. The van der Waals surface area contributed by atoms with Gasteiger partial charge in [-0.1, -0.05) is 13.0 Å². The Bertz CT molecular complexity index is 915. The predicted octanol–water partition coefficient (Wildman–Crippen LogP) is 4.16. The second-order valence-electron chi connectivity index (χ2n) is 6.46. The Morgan fingerprint density at radius 3 is 2.43 bits per heavy atom. The number of rotatable bonds is 8. The van der Waals surface area contributed by atoms with Crippen LogP contribution in [0.2, 0.25) is 0 Å². The molecule has 7 nitrogen and oxygen atoms in total. The number of amides is 1. The van der Waals surface area contributed by atoms with Crippen LogP contribution in [0, 0.1) is 13.8 Å². The number of carbonyl (C=O) groups is 1. The van der Waals surface area contributed by atoms with Gasteiger partial charge < -0.3 is 14.0 Å². The third kappa shape index (κ3) is 5.33. The second kappa shape index (κ2) is 9.03. The summed E-state index contributed by atoms with van der Waals surface area (Å²) in [6.07, 6.45) is 0.946. The molecule has 3 rings (SSSR count). The van der Waals surface area contributed by atoms with Crippen LogP contribution in [0.4, 0.5) is 5.95 Å². The molecule has 1 N–H and O–H groups in total. The number of nitrogens with one attached hydrogen (secondary N) is 1. The summed E-state index contributed by atoms with van der Waals surface area (Å²) in [7, 11) is 0. The van der Waals surface area contributed by atoms with E-state index in [-0.39, 0.29) is 18.5 Å². The van der Waals surface area contributed by atoms with E-state index in [0.717, 1.165) is 28.9 Å². The minimum absolute atomic E-state index is 0.0929. The molecule has 0 aliphatic rings. The van der Waals surface area contributed by atoms with Crippen LogP contribution in [-0.2, 0) is 4.79 Å². The monoisotopic (exact) mass is 381 g/mol. The molecule has 0 atom stereocenters. The molecule has 0 saturated heterocycles. The number of carbonyl (C=O) groups excluding carboxylic acids is 1. The highest BCUT2D eigenvalue weighted by Crippen LogP contribution is 2.22. The standard InChI is InChI=1S/C21H23N3O4/c1-4-9-26-17-7-5-16(6-8-17)20-23-21(24-28-20)22-19(25)13-27-18-11-14(2)10-15(3)12-18/h5-8,10-12H,4,9,13H2,1-3H3,(H,22,24,25). The summed E-state index contributed by atoms with van der Waals surface area (Å²) >= 11 is 0. The van der Waals surface area contributed by atoms with Gasteiger partial charge in [0.25, 0.3) is 17.7 Å². The first-order chi connectivity index (χ1) is 13.5. The van der Waals surface area contributed by atoms with E-state index >= 15 is 0 Å². The molecule has 2 aromatic carbocycles. The Kier molecular flexibility index (Phi) is 6.26. The average Bonchev–Trinajstić information content (AvgIpc) is 3.13. The highest BCUT2D eigenvalue weighted by molar-refractivity contribution is 5.90. The van der Waals surface area contributed by atoms with Crippen molar-refractivity contribution in [3.05, 3.63) is 53.6 Å². The van der Waals surface area contributed by atoms with Crippen LogP contribution in [-0.4, -0.2) is 29.3 Å². The van der Waals surface area contributed by atoms with Crippen molar-refractivity contribution < 1.29 is 18.8 Å². The van der Waals surface area contributed by atoms with Gasteiger partial charge in [0.05, 0.1) is 6.61 Å². The van der Waals surface area contributed by atoms with Gasteiger partial charge >= 0.3 is 0 Å². The third-order valence-corrected chi connectivity index (χ3v) is 3.82. The molecule has 0 aliphatic heterocycles. The van der Waals surface area contributed by atoms with Crippen LogP contribution >= 0.6 is 0 Å². The predicted molar refractivity (Wildman–Crippen MR) is 106 cm³/mol. The minimum Gasteiger partial charge on any atom is -0.494 e. The van der Waals surface area contributed by atoms with Crippen LogP contribution in [0.5, 0.6) is 11.5 Å². The van der Waals surface area contributed by atoms with Gasteiger partial charge in [0.2, 0.25) is 0 Å². The number of anilines is 1. The van der Waals surface area contributed by atoms with Crippen molar-refractivity contribution in [2.45, 2.75) is 27.2 Å². The van der Waals surface area contributed by atoms with Crippen molar-refractivity contribution in [2.75, 3.05) is 18.5 Å². The van der Waals surface area contributed by atoms with Gasteiger partial charge in [-0.15, -0.1) is 0 Å². The van der Waals surface area contributed by atoms with E-state index in [9.17, 15) is 4.79 Å². The fourth-order valence-corrected chi connectivity index (χ4v) is 2.63. The zero-order valence-electron chi connectivity index (χ0n) is 16.2. The molecule has 1 amide bonds. The van der Waals surface area contributed by atoms with Gasteiger partial charge in [-0.2, -0.15) is 4.98 Å². The van der Waals surface area contributed by atoms with Crippen molar-refractivity contribution >= 4 is 11.9 Å². The second-order valence-corrected chi connectivity index (χ2v) is 6.46. The molecule has 28 heavy (non-hydrogen) atoms. The van der Waals surface area contributed by atoms with Gasteiger partial charge in [-0.25, -0.2) is 0 Å². The lowest BCUT2D eigenvalue weighted by molar-refractivity contribution is -0.118. The first-order valence-corrected chi connectivity index (χ1v) is 9.11. The lowest BCUT2D eigenvalue weighted by atomic mass is 10.1. The van der Waals surface area contributed by atoms with E-state index in [1.54, 1.807) is 0 Å². The van der Waals surface area contributed by atoms with Crippen molar-refractivity contribution in [1.82, 2.24) is 10.1 Å². The maximum Gasteiger partial charge on any atom is 0.270 e. The van der Waals surface area contributed by atoms with Crippen LogP contribution in [0.15, 0.2) is 47.0 Å². The molecule has 0 saturated carbocycles. The van der Waals surface area contributed by atoms with Crippen molar-refractivity contribution in [3.8, 4) is 23.0 Å². The summed E-state index contributed by atoms with van der Waals surface area (Å²) in [6.45, 7) is 6.53. The summed E-state index contributed by atoms with van der Waals surface area (Å²) in [5, 5.41) is 6.35. The highest BCUT2D eigenvalue weighted by atomic mass is 16.5. The fourth-order valence-electron chi connectivity index (χ4n) is 2.63. The molecule has 1 heterocycles. The zero-order chi connectivity index (χ0) is 19.9. The van der Waals surface area contributed by atoms with Crippen molar-refractivity contribution in [1.29, 1.82) is 0 Å². The normalized spacial score (nSPS) is 10.5. The van der Waals surface area contributed by atoms with E-state index < -0.39 is 0 Å². The molecule has 0 bridgehead atoms. The number of benzene rings is 2. The lowest BCUT2D eigenvalue weighted by Crippen LogP contribution is -2.20. The van der Waals surface area contributed by atoms with Gasteiger partial charge in [0, 0.05) is 5.56 Å². The number of ether oxygens (including phenoxy) is 2. The highest BCUT2D eigenvalue weighted by Gasteiger charge is 2.12. The maximum absolute atomic E-state index is 12.1. The Hall–Kier alpha value is -3.35. The quantitative estimate of drug-likeness (QED) is 0.630. The number of aromatic nitrogens is 2. The van der Waals surface area contributed by atoms with Crippen LogP contribution < -0.4 is 14.8 Å². The SMILES string of the molecule is CCCOc1ccc(-c2nc(NC(=O)COc3cc(C)cc(C)c3)no2)cc1. The molecular weight excluding hydrogens is 358 g/mol. The first-order valence-electron chi connectivity index (χ1n) is 9.11. The largest absolute Gasteiger partial charge is 0.494 e. The molecule has 3 aromatic rings. The van der Waals surface area contributed by atoms with E-state index in [4.69, 9.17) is 14.0 Å². The number of hydrogen-bond donors (Lipinski definition) is 1. The zero-order valence-corrected chi connectivity index (χ0v) is 16.2. The molecule has 0 aliphatic carbocycles. The minimum atomic E-state index is -0.366. The van der Waals surface area contributed by atoms with Gasteiger partial charge in [-0.3, -0.25) is 10.1 Å². The lowest BCUT2D eigenvalue weighted by Gasteiger charge is -2.07. The molecule has 7 heteroatoms. The van der Waals surface area contributed by atoms with E-state index in [2.05, 4.69) is 22.4 Å². The molecular formula is C21H23N3O4. The van der Waals surface area contributed by atoms with Crippen LogP contribution in [0.1, 0.15) is 24.5 Å². The summed E-state index contributed by atoms with van der Waals surface area (Å²) in [4.78, 5) is 16.3. The van der Waals surface area contributed by atoms with Crippen LogP contribution in [0.3, 0.4) is 0 Å². The Balaban J connectivity index is 1.55. The first kappa shape index (κ1) is 19.4. The number of hydrogen-bond acceptors (Lipinski definition) is 6. The van der Waals surface area contributed by atoms with E-state index in [1.165, 1.54) is 0 Å². The third-order valence-electron chi connectivity index (χ3n) is 3.82. The molecule has 0 spiro atoms. The average molecular weight is 381 g/mol. The summed E-state index contributed by atoms with van der Waals surface area (Å²) in [6, 6.07) is 13.1. The summed E-state index contributed by atoms with van der Waals surface area (Å²) in [5.74, 6) is 1.46. The Labute approximate surface area is 163 Å². The van der Waals surface area contributed by atoms with Crippen LogP contribution in [0.25, 0.3) is 11.5 Å². The summed E-state index contributed by atoms with van der Waals surface area (Å²) in [5.41, 5.74) is 2.89. The molecule has 0 unspecified atom stereocenters. The molecule has 0 radical (unpaired) electrons. The number of aryl methyl sites for hydroxylation is 2. The van der Waals surface area contributed by atoms with Gasteiger partial charge in [0.15, 0.2) is 6.61 Å². The van der Waals surface area contributed by atoms with E-state index in [1.807, 2.05) is 56.3 Å². The van der Waals surface area contributed by atoms with Crippen molar-refractivity contribution in [3.63, 3.8) is 0 Å². The topological polar surface area (TPSA) is 86.5 Å². The smallest absolute Gasteiger partial charge is 0.270 e. The van der Waals surface area contributed by atoms with Gasteiger partial charge in [0.1, 0.15) is 11.5 Å². The Morgan fingerprint density at radius 1 is 1.04 bits per heavy atom. The van der Waals surface area contributed by atoms with Crippen molar-refractivity contribution in [2.24, 2.45) is 0 Å². The van der Waals surface area contributed by atoms with E-state index in [0.29, 0.717) is 18.2 Å². The molecule has 1 aromatic heterocycles. The summed E-state index contributed by atoms with van der Waals surface area (Å²) < 4.78 is 16.3. The molecule has 146 valence electrons. The number of nitrogens with zero attached hydrogens (tertiary/aromatic N) is 2. The molecule has 0 fully saturated rings. The van der Waals surface area contributed by atoms with Gasteiger partial charge in [-0.05, 0) is 73.0 Å².